The van der Waals surface area contributed by atoms with E-state index in [1.807, 2.05) is 0 Å². The normalized spacial score (nSPS) is 11.8. The van der Waals surface area contributed by atoms with Gasteiger partial charge in [0.25, 0.3) is 0 Å². The Balaban J connectivity index is 3.21. The lowest BCUT2D eigenvalue weighted by Crippen LogP contribution is -2.21. The largest absolute Gasteiger partial charge is 0.573 e. The highest BCUT2D eigenvalue weighted by molar-refractivity contribution is 5.43. The van der Waals surface area contributed by atoms with Crippen LogP contribution in [-0.2, 0) is 10.3 Å². The summed E-state index contributed by atoms with van der Waals surface area (Å²) in [7, 11) is 0. The smallest absolute Gasteiger partial charge is 0.405 e. The summed E-state index contributed by atoms with van der Waals surface area (Å²) in [6.45, 7) is 2.99. The molecule has 1 aromatic carbocycles. The fourth-order valence-corrected chi connectivity index (χ4v) is 1.36. The highest BCUT2D eigenvalue weighted by Gasteiger charge is 2.34. The number of aliphatic imine (C=N–C) groups is 1. The van der Waals surface area contributed by atoms with Crippen LogP contribution in [0.2, 0.25) is 0 Å². The van der Waals surface area contributed by atoms with Crippen molar-refractivity contribution in [1.29, 1.82) is 0 Å². The van der Waals surface area contributed by atoms with E-state index in [0.29, 0.717) is 0 Å². The minimum atomic E-state index is -4.78. The third kappa shape index (κ3) is 3.60. The fourth-order valence-electron chi connectivity index (χ4n) is 1.36. The van der Waals surface area contributed by atoms with Crippen LogP contribution in [0.25, 0.3) is 0 Å². The molecule has 0 bridgehead atoms. The van der Waals surface area contributed by atoms with Crippen LogP contribution in [0.15, 0.2) is 29.3 Å². The summed E-state index contributed by atoms with van der Waals surface area (Å²) in [5.74, 6) is -0.371. The number of benzene rings is 1. The van der Waals surface area contributed by atoms with Crippen LogP contribution in [0.3, 0.4) is 0 Å². The van der Waals surface area contributed by atoms with Crippen molar-refractivity contribution >= 4 is 6.08 Å². The molecule has 92 valence electrons. The zero-order chi connectivity index (χ0) is 13.1. The maximum atomic E-state index is 12.2. The molecule has 17 heavy (non-hydrogen) atoms. The number of isocyanates is 1. The molecule has 0 aliphatic heterocycles. The van der Waals surface area contributed by atoms with Gasteiger partial charge in [0.2, 0.25) is 6.08 Å². The number of hydrogen-bond acceptors (Lipinski definition) is 3. The van der Waals surface area contributed by atoms with Gasteiger partial charge in [-0.3, -0.25) is 0 Å². The summed E-state index contributed by atoms with van der Waals surface area (Å²) in [5.41, 5.74) is -0.954. The van der Waals surface area contributed by atoms with E-state index in [1.54, 1.807) is 6.07 Å². The molecular formula is C11H10F3NO2. The molecular weight excluding hydrogens is 235 g/mol. The summed E-state index contributed by atoms with van der Waals surface area (Å²) < 4.78 is 40.4. The molecule has 0 aromatic heterocycles. The van der Waals surface area contributed by atoms with Gasteiger partial charge >= 0.3 is 6.36 Å². The van der Waals surface area contributed by atoms with Crippen molar-refractivity contribution in [3.63, 3.8) is 0 Å². The van der Waals surface area contributed by atoms with Crippen molar-refractivity contribution < 1.29 is 22.7 Å². The molecule has 6 heteroatoms. The molecule has 0 fully saturated rings. The van der Waals surface area contributed by atoms with E-state index < -0.39 is 11.9 Å². The number of ether oxygens (including phenoxy) is 1. The maximum Gasteiger partial charge on any atom is 0.573 e. The highest BCUT2D eigenvalue weighted by atomic mass is 19.4. The van der Waals surface area contributed by atoms with Crippen molar-refractivity contribution in [1.82, 2.24) is 0 Å². The van der Waals surface area contributed by atoms with Crippen LogP contribution in [0.1, 0.15) is 19.4 Å². The van der Waals surface area contributed by atoms with E-state index in [2.05, 4.69) is 9.73 Å². The number of carbonyl (C=O) groups excluding carboxylic acids is 1. The lowest BCUT2D eigenvalue weighted by Gasteiger charge is -2.22. The molecule has 0 saturated carbocycles. The molecule has 0 aliphatic carbocycles. The van der Waals surface area contributed by atoms with Crippen LogP contribution < -0.4 is 4.74 Å². The average Bonchev–Trinajstić information content (AvgIpc) is 2.15. The van der Waals surface area contributed by atoms with E-state index in [4.69, 9.17) is 0 Å². The SMILES string of the molecule is CC(C)(N=C=O)c1ccccc1OC(F)(F)F. The van der Waals surface area contributed by atoms with Gasteiger partial charge in [0.05, 0.1) is 5.54 Å². The Morgan fingerprint density at radius 1 is 1.24 bits per heavy atom. The van der Waals surface area contributed by atoms with Crippen molar-refractivity contribution in [3.05, 3.63) is 29.8 Å². The van der Waals surface area contributed by atoms with E-state index in [1.165, 1.54) is 38.1 Å². The molecule has 0 N–H and O–H groups in total. The van der Waals surface area contributed by atoms with Crippen LogP contribution in [0.5, 0.6) is 5.75 Å². The Kier molecular flexibility index (Phi) is 3.58. The Morgan fingerprint density at radius 2 is 1.82 bits per heavy atom. The molecule has 0 amide bonds. The maximum absolute atomic E-state index is 12.2. The van der Waals surface area contributed by atoms with Gasteiger partial charge in [-0.2, -0.15) is 4.99 Å². The Bertz CT molecular complexity index is 448. The molecule has 1 aromatic rings. The number of para-hydroxylation sites is 1. The van der Waals surface area contributed by atoms with Gasteiger partial charge in [-0.1, -0.05) is 18.2 Å². The van der Waals surface area contributed by atoms with E-state index in [0.717, 1.165) is 0 Å². The van der Waals surface area contributed by atoms with Crippen molar-refractivity contribution in [2.45, 2.75) is 25.7 Å². The standard InChI is InChI=1S/C11H10F3NO2/c1-10(2,15-7-16)8-5-3-4-6-9(8)17-11(12,13)14/h3-6H,1-2H3. The second-order valence-electron chi connectivity index (χ2n) is 3.81. The van der Waals surface area contributed by atoms with Crippen molar-refractivity contribution in [2.24, 2.45) is 4.99 Å². The van der Waals surface area contributed by atoms with Crippen LogP contribution >= 0.6 is 0 Å². The van der Waals surface area contributed by atoms with Gasteiger partial charge in [-0.25, -0.2) is 4.79 Å². The molecule has 1 rings (SSSR count). The number of hydrogen-bond donors (Lipinski definition) is 0. The van der Waals surface area contributed by atoms with Gasteiger partial charge in [0.1, 0.15) is 5.75 Å². The van der Waals surface area contributed by atoms with Gasteiger partial charge in [0.15, 0.2) is 0 Å². The fraction of sp³-hybridized carbons (Fsp3) is 0.364. The van der Waals surface area contributed by atoms with Crippen molar-refractivity contribution in [2.75, 3.05) is 0 Å². The molecule has 0 saturated heterocycles. The minimum absolute atomic E-state index is 0.167. The number of rotatable bonds is 3. The quantitative estimate of drug-likeness (QED) is 0.606. The summed E-state index contributed by atoms with van der Waals surface area (Å²) in [5, 5.41) is 0. The third-order valence-electron chi connectivity index (χ3n) is 2.10. The number of nitrogens with zero attached hydrogens (tertiary/aromatic N) is 1. The summed E-state index contributed by atoms with van der Waals surface area (Å²) in [4.78, 5) is 13.7. The second kappa shape index (κ2) is 4.59. The molecule has 0 unspecified atom stereocenters. The zero-order valence-corrected chi connectivity index (χ0v) is 9.21. The summed E-state index contributed by atoms with van der Waals surface area (Å²) >= 11 is 0. The second-order valence-corrected chi connectivity index (χ2v) is 3.81. The predicted molar refractivity (Wildman–Crippen MR) is 54.3 cm³/mol. The molecule has 3 nitrogen and oxygen atoms in total. The first-order chi connectivity index (χ1) is 7.76. The predicted octanol–water partition coefficient (Wildman–Crippen LogP) is 3.16. The number of halogens is 3. The van der Waals surface area contributed by atoms with Crippen LogP contribution in [0, 0.1) is 0 Å². The molecule has 0 radical (unpaired) electrons. The topological polar surface area (TPSA) is 38.7 Å². The third-order valence-corrected chi connectivity index (χ3v) is 2.10. The molecule has 0 heterocycles. The van der Waals surface area contributed by atoms with Gasteiger partial charge in [0, 0.05) is 5.56 Å². The molecule has 0 atom stereocenters. The van der Waals surface area contributed by atoms with Gasteiger partial charge in [-0.05, 0) is 19.9 Å². The minimum Gasteiger partial charge on any atom is -0.405 e. The van der Waals surface area contributed by atoms with Gasteiger partial charge < -0.3 is 4.74 Å². The summed E-state index contributed by atoms with van der Waals surface area (Å²) in [6, 6.07) is 5.54. The summed E-state index contributed by atoms with van der Waals surface area (Å²) in [6.07, 6.45) is -3.45. The van der Waals surface area contributed by atoms with Crippen LogP contribution in [-0.4, -0.2) is 12.4 Å². The first-order valence-electron chi connectivity index (χ1n) is 4.70. The average molecular weight is 245 g/mol. The van der Waals surface area contributed by atoms with E-state index in [-0.39, 0.29) is 11.3 Å². The zero-order valence-electron chi connectivity index (χ0n) is 9.21. The van der Waals surface area contributed by atoms with Crippen LogP contribution in [0.4, 0.5) is 13.2 Å². The Hall–Kier alpha value is -1.81. The number of alkyl halides is 3. The first kappa shape index (κ1) is 13.3. The Labute approximate surface area is 95.9 Å². The van der Waals surface area contributed by atoms with E-state index >= 15 is 0 Å². The monoisotopic (exact) mass is 245 g/mol. The van der Waals surface area contributed by atoms with Crippen molar-refractivity contribution in [3.8, 4) is 5.75 Å². The van der Waals surface area contributed by atoms with Gasteiger partial charge in [-0.15, -0.1) is 13.2 Å². The lowest BCUT2D eigenvalue weighted by atomic mass is 9.94. The Morgan fingerprint density at radius 3 is 2.35 bits per heavy atom. The molecule has 0 aliphatic rings. The first-order valence-corrected chi connectivity index (χ1v) is 4.70. The lowest BCUT2D eigenvalue weighted by molar-refractivity contribution is -0.275. The molecule has 0 spiro atoms. The highest BCUT2D eigenvalue weighted by Crippen LogP contribution is 2.35. The van der Waals surface area contributed by atoms with E-state index in [9.17, 15) is 18.0 Å².